The molecule has 0 radical (unpaired) electrons. The van der Waals surface area contributed by atoms with Gasteiger partial charge in [-0.3, -0.25) is 15.0 Å². The van der Waals surface area contributed by atoms with Crippen molar-refractivity contribution >= 4 is 34.8 Å². The third kappa shape index (κ3) is 5.21. The molecular formula is C25H21ClFN3O3. The minimum absolute atomic E-state index is 0.0859. The fraction of sp³-hybridized carbons (Fsp3) is 0.160. The number of carbonyl (C=O) groups is 2. The minimum Gasteiger partial charge on any atom is -0.497 e. The van der Waals surface area contributed by atoms with Crippen LogP contribution in [0.5, 0.6) is 5.75 Å². The van der Waals surface area contributed by atoms with E-state index >= 15 is 0 Å². The summed E-state index contributed by atoms with van der Waals surface area (Å²) in [5, 5.41) is 11.3. The number of rotatable bonds is 7. The normalized spacial score (nSPS) is 12.3. The first-order valence-corrected chi connectivity index (χ1v) is 10.6. The Morgan fingerprint density at radius 1 is 1.06 bits per heavy atom. The summed E-state index contributed by atoms with van der Waals surface area (Å²) in [6.07, 6.45) is -0.173. The molecule has 4 rings (SSSR count). The van der Waals surface area contributed by atoms with E-state index in [1.165, 1.54) is 19.2 Å². The summed E-state index contributed by atoms with van der Waals surface area (Å²) in [4.78, 5) is 27.6. The molecule has 0 atom stereocenters. The third-order valence-corrected chi connectivity index (χ3v) is 5.57. The Bertz CT molecular complexity index is 1240. The smallest absolute Gasteiger partial charge is 0.256 e. The van der Waals surface area contributed by atoms with Gasteiger partial charge in [0.25, 0.3) is 5.91 Å². The van der Waals surface area contributed by atoms with Crippen molar-refractivity contribution in [3.8, 4) is 5.75 Å². The molecule has 2 N–H and O–H groups in total. The molecule has 8 heteroatoms. The lowest BCUT2D eigenvalue weighted by Crippen LogP contribution is -2.17. The average Bonchev–Trinajstić information content (AvgIpc) is 3.65. The number of methoxy groups -OCH3 is 1. The molecule has 1 heterocycles. The number of anilines is 1. The van der Waals surface area contributed by atoms with E-state index < -0.39 is 17.5 Å². The Balaban J connectivity index is 1.57. The topological polar surface area (TPSA) is 82.3 Å². The zero-order chi connectivity index (χ0) is 23.5. The molecule has 0 unspecified atom stereocenters. The van der Waals surface area contributed by atoms with Crippen LogP contribution < -0.4 is 10.1 Å². The number of carbonyl (C=O) groups excluding carboxylic acids is 2. The Hall–Kier alpha value is -3.71. The predicted molar refractivity (Wildman–Crippen MR) is 125 cm³/mol. The average molecular weight is 466 g/mol. The van der Waals surface area contributed by atoms with E-state index in [1.54, 1.807) is 53.4 Å². The molecule has 0 spiro atoms. The summed E-state index contributed by atoms with van der Waals surface area (Å²) in [5.41, 5.74) is 1.57. The van der Waals surface area contributed by atoms with Crippen LogP contribution in [0.3, 0.4) is 0 Å². The maximum absolute atomic E-state index is 14.7. The second-order valence-corrected chi connectivity index (χ2v) is 8.05. The van der Waals surface area contributed by atoms with E-state index in [-0.39, 0.29) is 23.4 Å². The number of halogens is 2. The summed E-state index contributed by atoms with van der Waals surface area (Å²) >= 11 is 5.89. The lowest BCUT2D eigenvalue weighted by atomic mass is 9.97. The molecule has 0 aromatic heterocycles. The van der Waals surface area contributed by atoms with Crippen LogP contribution in [-0.2, 0) is 6.42 Å². The molecule has 1 saturated heterocycles. The largest absolute Gasteiger partial charge is 0.497 e. The first-order valence-electron chi connectivity index (χ1n) is 10.3. The van der Waals surface area contributed by atoms with Gasteiger partial charge in [-0.05, 0) is 54.1 Å². The van der Waals surface area contributed by atoms with E-state index in [0.717, 1.165) is 13.1 Å². The Labute approximate surface area is 195 Å². The molecule has 3 aromatic carbocycles. The van der Waals surface area contributed by atoms with Gasteiger partial charge in [0.15, 0.2) is 5.78 Å². The maximum atomic E-state index is 14.7. The maximum Gasteiger partial charge on any atom is 0.256 e. The molecule has 1 aliphatic rings. The fourth-order valence-corrected chi connectivity index (χ4v) is 3.52. The van der Waals surface area contributed by atoms with Crippen LogP contribution in [0.15, 0.2) is 60.7 Å². The van der Waals surface area contributed by atoms with Crippen molar-refractivity contribution < 1.29 is 18.7 Å². The number of Topliss-reactive ketones (excluding diaryl/α,β-unsaturated/α-hetero) is 1. The zero-order valence-electron chi connectivity index (χ0n) is 17.8. The molecule has 6 nitrogen and oxygen atoms in total. The quantitative estimate of drug-likeness (QED) is 0.227. The number of benzene rings is 3. The summed E-state index contributed by atoms with van der Waals surface area (Å²) < 4.78 is 19.9. The van der Waals surface area contributed by atoms with Gasteiger partial charge in [-0.1, -0.05) is 23.7 Å². The zero-order valence-corrected chi connectivity index (χ0v) is 18.6. The second-order valence-electron chi connectivity index (χ2n) is 7.61. The number of hydrogen-bond acceptors (Lipinski definition) is 4. The Kier molecular flexibility index (Phi) is 6.42. The van der Waals surface area contributed by atoms with E-state index in [2.05, 4.69) is 5.32 Å². The van der Waals surface area contributed by atoms with Crippen molar-refractivity contribution in [1.29, 1.82) is 5.41 Å². The van der Waals surface area contributed by atoms with Crippen LogP contribution in [0.25, 0.3) is 0 Å². The van der Waals surface area contributed by atoms with Gasteiger partial charge in [-0.25, -0.2) is 4.39 Å². The van der Waals surface area contributed by atoms with Gasteiger partial charge in [0, 0.05) is 41.3 Å². The molecule has 33 heavy (non-hydrogen) atoms. The molecule has 0 saturated carbocycles. The van der Waals surface area contributed by atoms with Gasteiger partial charge < -0.3 is 15.0 Å². The first kappa shape index (κ1) is 22.5. The van der Waals surface area contributed by atoms with E-state index in [4.69, 9.17) is 21.7 Å². The number of hydrogen-bond donors (Lipinski definition) is 2. The highest BCUT2D eigenvalue weighted by Gasteiger charge is 2.24. The Morgan fingerprint density at radius 2 is 1.79 bits per heavy atom. The van der Waals surface area contributed by atoms with Gasteiger partial charge in [-0.2, -0.15) is 0 Å². The molecule has 0 aliphatic carbocycles. The molecule has 3 aromatic rings. The van der Waals surface area contributed by atoms with Crippen LogP contribution >= 0.6 is 11.6 Å². The van der Waals surface area contributed by atoms with E-state index in [1.807, 2.05) is 0 Å². The summed E-state index contributed by atoms with van der Waals surface area (Å²) in [6, 6.07) is 15.6. The van der Waals surface area contributed by atoms with Gasteiger partial charge >= 0.3 is 0 Å². The van der Waals surface area contributed by atoms with Crippen LogP contribution in [0.2, 0.25) is 5.02 Å². The number of amidine groups is 1. The number of ether oxygens (including phenoxy) is 1. The van der Waals surface area contributed by atoms with Crippen molar-refractivity contribution in [2.24, 2.45) is 0 Å². The van der Waals surface area contributed by atoms with Crippen LogP contribution in [0.1, 0.15) is 31.8 Å². The summed E-state index contributed by atoms with van der Waals surface area (Å²) in [7, 11) is 1.48. The molecule has 0 bridgehead atoms. The van der Waals surface area contributed by atoms with E-state index in [9.17, 15) is 14.0 Å². The van der Waals surface area contributed by atoms with Gasteiger partial charge in [-0.15, -0.1) is 0 Å². The summed E-state index contributed by atoms with van der Waals surface area (Å²) in [6.45, 7) is 1.55. The summed E-state index contributed by atoms with van der Waals surface area (Å²) in [5.74, 6) is -0.893. The van der Waals surface area contributed by atoms with Gasteiger partial charge in [0.2, 0.25) is 0 Å². The fourth-order valence-electron chi connectivity index (χ4n) is 3.39. The second kappa shape index (κ2) is 9.42. The lowest BCUT2D eigenvalue weighted by Gasteiger charge is -2.13. The van der Waals surface area contributed by atoms with Crippen molar-refractivity contribution in [3.63, 3.8) is 0 Å². The molecule has 168 valence electrons. The minimum atomic E-state index is -0.690. The number of ketones is 1. The first-order chi connectivity index (χ1) is 15.9. The number of amides is 1. The molecule has 1 amide bonds. The van der Waals surface area contributed by atoms with Crippen molar-refractivity contribution in [1.82, 2.24) is 4.90 Å². The van der Waals surface area contributed by atoms with Crippen molar-refractivity contribution in [2.75, 3.05) is 25.5 Å². The van der Waals surface area contributed by atoms with Crippen molar-refractivity contribution in [2.45, 2.75) is 6.42 Å². The standard InChI is InChI=1S/C25H21ClFN3O3/c1-33-19-8-2-15(21(14-19)25(32)29-18-6-4-17(26)5-7-18)13-23(31)20-9-3-16(12-22(20)27)24(28)30-10-11-30/h2-9,12,14,28H,10-11,13H2,1H3,(H,29,32). The van der Waals surface area contributed by atoms with Crippen molar-refractivity contribution in [3.05, 3.63) is 93.8 Å². The van der Waals surface area contributed by atoms with Gasteiger partial charge in [0.05, 0.1) is 12.7 Å². The molecule has 1 aliphatic heterocycles. The highest BCUT2D eigenvalue weighted by atomic mass is 35.5. The van der Waals surface area contributed by atoms with Gasteiger partial charge in [0.1, 0.15) is 17.4 Å². The van der Waals surface area contributed by atoms with Crippen LogP contribution in [-0.4, -0.2) is 42.6 Å². The van der Waals surface area contributed by atoms with E-state index in [0.29, 0.717) is 27.6 Å². The predicted octanol–water partition coefficient (Wildman–Crippen LogP) is 4.81. The highest BCUT2D eigenvalue weighted by molar-refractivity contribution is 6.30. The monoisotopic (exact) mass is 465 g/mol. The third-order valence-electron chi connectivity index (χ3n) is 5.32. The highest BCUT2D eigenvalue weighted by Crippen LogP contribution is 2.23. The molecule has 1 fully saturated rings. The van der Waals surface area contributed by atoms with Crippen LogP contribution in [0, 0.1) is 11.2 Å². The Morgan fingerprint density at radius 3 is 2.42 bits per heavy atom. The lowest BCUT2D eigenvalue weighted by molar-refractivity contribution is 0.0988. The SMILES string of the molecule is COc1ccc(CC(=O)c2ccc(C(=N)N3CC3)cc2F)c(C(=O)Nc2ccc(Cl)cc2)c1. The molecular weight excluding hydrogens is 445 g/mol. The number of nitrogens with zero attached hydrogens (tertiary/aromatic N) is 1. The number of nitrogens with one attached hydrogen (secondary N) is 2. The van der Waals surface area contributed by atoms with Crippen LogP contribution in [0.4, 0.5) is 10.1 Å².